The highest BCUT2D eigenvalue weighted by atomic mass is 19.1. The van der Waals surface area contributed by atoms with E-state index < -0.39 is 0 Å². The molecule has 1 fully saturated rings. The van der Waals surface area contributed by atoms with Crippen molar-refractivity contribution in [3.8, 4) is 0 Å². The number of halogens is 1. The molecule has 0 radical (unpaired) electrons. The summed E-state index contributed by atoms with van der Waals surface area (Å²) in [4.78, 5) is 34.6. The lowest BCUT2D eigenvalue weighted by Crippen LogP contribution is -2.48. The van der Waals surface area contributed by atoms with Crippen LogP contribution in [-0.4, -0.2) is 58.3 Å². The van der Waals surface area contributed by atoms with Gasteiger partial charge in [0.05, 0.1) is 12.4 Å². The third-order valence-corrected chi connectivity index (χ3v) is 4.04. The second-order valence-electron chi connectivity index (χ2n) is 5.67. The van der Waals surface area contributed by atoms with Crippen LogP contribution in [-0.2, 0) is 11.3 Å². The van der Waals surface area contributed by atoms with Crippen LogP contribution in [0.3, 0.4) is 0 Å². The molecular weight excluding hydrogens is 325 g/mol. The Bertz CT molecular complexity index is 745. The van der Waals surface area contributed by atoms with Gasteiger partial charge in [-0.2, -0.15) is 0 Å². The molecule has 25 heavy (non-hydrogen) atoms. The first-order valence-electron chi connectivity index (χ1n) is 7.95. The van der Waals surface area contributed by atoms with E-state index in [2.05, 4.69) is 15.3 Å². The number of amides is 2. The van der Waals surface area contributed by atoms with Gasteiger partial charge in [-0.05, 0) is 6.07 Å². The number of aromatic nitrogens is 2. The van der Waals surface area contributed by atoms with Crippen molar-refractivity contribution >= 4 is 18.1 Å². The lowest BCUT2D eigenvalue weighted by molar-refractivity contribution is -0.119. The topological polar surface area (TPSA) is 78.4 Å². The van der Waals surface area contributed by atoms with Crippen LogP contribution in [0.1, 0.15) is 16.1 Å². The van der Waals surface area contributed by atoms with E-state index in [1.165, 1.54) is 18.5 Å². The first-order chi connectivity index (χ1) is 12.2. The zero-order valence-electron chi connectivity index (χ0n) is 13.6. The molecule has 1 saturated heterocycles. The zero-order chi connectivity index (χ0) is 17.6. The number of nitrogens with one attached hydrogen (secondary N) is 1. The maximum Gasteiger partial charge on any atom is 0.274 e. The maximum absolute atomic E-state index is 13.6. The Labute approximate surface area is 144 Å². The molecule has 8 heteroatoms. The second kappa shape index (κ2) is 7.69. The number of carbonyl (C=O) groups is 2. The Morgan fingerprint density at radius 3 is 2.56 bits per heavy atom. The molecular formula is C17H18FN5O2. The molecule has 1 aliphatic rings. The minimum absolute atomic E-state index is 0.210. The third-order valence-electron chi connectivity index (χ3n) is 4.04. The van der Waals surface area contributed by atoms with Gasteiger partial charge in [-0.25, -0.2) is 14.4 Å². The minimum atomic E-state index is -0.288. The van der Waals surface area contributed by atoms with Crippen LogP contribution in [0.2, 0.25) is 0 Å². The Morgan fingerprint density at radius 1 is 1.16 bits per heavy atom. The Kier molecular flexibility index (Phi) is 5.17. The smallest absolute Gasteiger partial charge is 0.274 e. The van der Waals surface area contributed by atoms with Gasteiger partial charge in [-0.3, -0.25) is 9.59 Å². The molecule has 0 aliphatic carbocycles. The molecule has 130 valence electrons. The average Bonchev–Trinajstić information content (AvgIpc) is 2.67. The van der Waals surface area contributed by atoms with E-state index >= 15 is 0 Å². The van der Waals surface area contributed by atoms with Crippen molar-refractivity contribution in [2.45, 2.75) is 6.54 Å². The van der Waals surface area contributed by atoms with Crippen LogP contribution >= 0.6 is 0 Å². The van der Waals surface area contributed by atoms with Gasteiger partial charge in [0, 0.05) is 38.3 Å². The number of carbonyl (C=O) groups excluding carboxylic acids is 2. The molecule has 2 amide bonds. The second-order valence-corrected chi connectivity index (χ2v) is 5.67. The fourth-order valence-corrected chi connectivity index (χ4v) is 2.55. The first-order valence-corrected chi connectivity index (χ1v) is 7.95. The van der Waals surface area contributed by atoms with E-state index in [-0.39, 0.29) is 24.0 Å². The summed E-state index contributed by atoms with van der Waals surface area (Å²) in [7, 11) is 0. The molecule has 2 aromatic rings. The van der Waals surface area contributed by atoms with Gasteiger partial charge < -0.3 is 15.1 Å². The van der Waals surface area contributed by atoms with Gasteiger partial charge >= 0.3 is 0 Å². The van der Waals surface area contributed by atoms with E-state index in [0.717, 1.165) is 6.41 Å². The van der Waals surface area contributed by atoms with Crippen LogP contribution in [0.5, 0.6) is 0 Å². The molecule has 1 N–H and O–H groups in total. The fraction of sp³-hybridized carbons (Fsp3) is 0.294. The van der Waals surface area contributed by atoms with Crippen molar-refractivity contribution in [2.75, 3.05) is 31.5 Å². The molecule has 1 aliphatic heterocycles. The monoisotopic (exact) mass is 343 g/mol. The summed E-state index contributed by atoms with van der Waals surface area (Å²) < 4.78 is 13.6. The van der Waals surface area contributed by atoms with Gasteiger partial charge in [0.2, 0.25) is 6.41 Å². The number of anilines is 1. The molecule has 1 aromatic carbocycles. The van der Waals surface area contributed by atoms with Crippen molar-refractivity contribution in [3.63, 3.8) is 0 Å². The largest absolute Gasteiger partial charge is 0.365 e. The van der Waals surface area contributed by atoms with E-state index in [1.54, 1.807) is 28.0 Å². The van der Waals surface area contributed by atoms with E-state index in [9.17, 15) is 14.0 Å². The summed E-state index contributed by atoms with van der Waals surface area (Å²) in [5.41, 5.74) is 0.772. The summed E-state index contributed by atoms with van der Waals surface area (Å²) in [6, 6.07) is 6.48. The van der Waals surface area contributed by atoms with Crippen molar-refractivity contribution in [2.24, 2.45) is 0 Å². The quantitative estimate of drug-likeness (QED) is 0.824. The zero-order valence-corrected chi connectivity index (χ0v) is 13.6. The summed E-state index contributed by atoms with van der Waals surface area (Å²) >= 11 is 0. The average molecular weight is 343 g/mol. The first kappa shape index (κ1) is 16.8. The van der Waals surface area contributed by atoms with Gasteiger partial charge in [0.25, 0.3) is 5.91 Å². The summed E-state index contributed by atoms with van der Waals surface area (Å²) in [5.74, 6) is -0.0338. The fourth-order valence-electron chi connectivity index (χ4n) is 2.55. The molecule has 0 spiro atoms. The number of rotatable bonds is 5. The Morgan fingerprint density at radius 2 is 1.92 bits per heavy atom. The van der Waals surface area contributed by atoms with Crippen molar-refractivity contribution in [3.05, 3.63) is 53.7 Å². The molecule has 3 rings (SSSR count). The molecule has 2 heterocycles. The summed E-state index contributed by atoms with van der Waals surface area (Å²) in [6.07, 6.45) is 3.64. The highest BCUT2D eigenvalue weighted by molar-refractivity contribution is 5.92. The summed E-state index contributed by atoms with van der Waals surface area (Å²) in [6.45, 7) is 2.28. The predicted molar refractivity (Wildman–Crippen MR) is 89.3 cm³/mol. The highest BCUT2D eigenvalue weighted by Gasteiger charge is 2.22. The summed E-state index contributed by atoms with van der Waals surface area (Å²) in [5, 5.41) is 2.98. The molecule has 0 bridgehead atoms. The standard InChI is InChI=1S/C17H18FN5O2/c18-14-4-2-1-3-13(14)9-20-16-11-19-15(10-21-16)17(25)23-7-5-22(12-24)6-8-23/h1-4,10-12H,5-9H2,(H,20,21). The number of benzene rings is 1. The lowest BCUT2D eigenvalue weighted by atomic mass is 10.2. The highest BCUT2D eigenvalue weighted by Crippen LogP contribution is 2.10. The van der Waals surface area contributed by atoms with Crippen molar-refractivity contribution in [1.82, 2.24) is 19.8 Å². The molecule has 0 atom stereocenters. The van der Waals surface area contributed by atoms with Crippen molar-refractivity contribution in [1.29, 1.82) is 0 Å². The van der Waals surface area contributed by atoms with Crippen molar-refractivity contribution < 1.29 is 14.0 Å². The van der Waals surface area contributed by atoms with E-state index in [4.69, 9.17) is 0 Å². The number of hydrogen-bond donors (Lipinski definition) is 1. The molecule has 7 nitrogen and oxygen atoms in total. The van der Waals surface area contributed by atoms with Gasteiger partial charge in [0.15, 0.2) is 0 Å². The van der Waals surface area contributed by atoms with Crippen LogP contribution in [0.15, 0.2) is 36.7 Å². The SMILES string of the molecule is O=CN1CCN(C(=O)c2cnc(NCc3ccccc3F)cn2)CC1. The predicted octanol–water partition coefficient (Wildman–Crippen LogP) is 1.14. The normalized spacial score (nSPS) is 14.3. The maximum atomic E-state index is 13.6. The van der Waals surface area contributed by atoms with E-state index in [1.807, 2.05) is 0 Å². The molecule has 1 aromatic heterocycles. The lowest BCUT2D eigenvalue weighted by Gasteiger charge is -2.32. The Hall–Kier alpha value is -3.03. The van der Waals surface area contributed by atoms with Gasteiger partial charge in [0.1, 0.15) is 17.3 Å². The van der Waals surface area contributed by atoms with Crippen LogP contribution in [0.4, 0.5) is 10.2 Å². The number of piperazine rings is 1. The number of hydrogen-bond acceptors (Lipinski definition) is 5. The van der Waals surface area contributed by atoms with E-state index in [0.29, 0.717) is 37.6 Å². The minimum Gasteiger partial charge on any atom is -0.365 e. The van der Waals surface area contributed by atoms with Crippen LogP contribution in [0, 0.1) is 5.82 Å². The molecule has 0 saturated carbocycles. The van der Waals surface area contributed by atoms with Crippen LogP contribution < -0.4 is 5.32 Å². The van der Waals surface area contributed by atoms with Crippen LogP contribution in [0.25, 0.3) is 0 Å². The third kappa shape index (κ3) is 4.09. The molecule has 0 unspecified atom stereocenters. The van der Waals surface area contributed by atoms with Gasteiger partial charge in [-0.1, -0.05) is 18.2 Å². The van der Waals surface area contributed by atoms with Gasteiger partial charge in [-0.15, -0.1) is 0 Å². The number of nitrogens with zero attached hydrogens (tertiary/aromatic N) is 4. The Balaban J connectivity index is 1.57.